The van der Waals surface area contributed by atoms with Crippen molar-refractivity contribution in [1.29, 1.82) is 0 Å². The van der Waals surface area contributed by atoms with Crippen LogP contribution in [0.3, 0.4) is 0 Å². The molecule has 0 spiro atoms. The number of carbonyl (C=O) groups is 1. The summed E-state index contributed by atoms with van der Waals surface area (Å²) in [6, 6.07) is 14.9. The van der Waals surface area contributed by atoms with Crippen molar-refractivity contribution in [1.82, 2.24) is 10.9 Å². The molecule has 1 heterocycles. The quantitative estimate of drug-likeness (QED) is 0.167. The summed E-state index contributed by atoms with van der Waals surface area (Å²) >= 11 is 3.61. The van der Waals surface area contributed by atoms with E-state index < -0.39 is 17.2 Å². The minimum Gasteiger partial charge on any atom is -0.494 e. The smallest absolute Gasteiger partial charge is 0.266 e. The summed E-state index contributed by atoms with van der Waals surface area (Å²) in [5.74, 6) is 0.648. The van der Waals surface area contributed by atoms with E-state index in [9.17, 15) is 9.90 Å². The zero-order valence-corrected chi connectivity index (χ0v) is 23.1. The van der Waals surface area contributed by atoms with Crippen LogP contribution in [0.25, 0.3) is 0 Å². The van der Waals surface area contributed by atoms with Crippen molar-refractivity contribution >= 4 is 27.7 Å². The fourth-order valence-electron chi connectivity index (χ4n) is 4.98. The molecule has 1 fully saturated rings. The second-order valence-corrected chi connectivity index (χ2v) is 10.8. The van der Waals surface area contributed by atoms with Gasteiger partial charge in [-0.3, -0.25) is 10.2 Å². The first-order valence-corrected chi connectivity index (χ1v) is 13.9. The molecule has 0 radical (unpaired) electrons. The number of halogens is 1. The van der Waals surface area contributed by atoms with E-state index in [1.165, 1.54) is 0 Å². The Balaban J connectivity index is 1.61. The van der Waals surface area contributed by atoms with Crippen LogP contribution in [0, 0.1) is 0 Å². The number of hydrazine groups is 1. The predicted octanol–water partition coefficient (Wildman–Crippen LogP) is 4.36. The van der Waals surface area contributed by atoms with Crippen LogP contribution in [0.2, 0.25) is 0 Å². The molecule has 1 saturated carbocycles. The van der Waals surface area contributed by atoms with Crippen LogP contribution in [0.15, 0.2) is 70.7 Å². The molecule has 1 aliphatic carbocycles. The molecule has 1 aliphatic heterocycles. The van der Waals surface area contributed by atoms with Gasteiger partial charge in [-0.2, -0.15) is 0 Å². The molecular weight excluding hydrogens is 550 g/mol. The predicted molar refractivity (Wildman–Crippen MR) is 150 cm³/mol. The minimum atomic E-state index is -1.32. The van der Waals surface area contributed by atoms with E-state index >= 15 is 0 Å². The Hall–Kier alpha value is -2.72. The molecule has 204 valence electrons. The Kier molecular flexibility index (Phi) is 9.59. The lowest BCUT2D eigenvalue weighted by Gasteiger charge is -2.34. The number of aliphatic hydroxyl groups excluding tert-OH is 1. The van der Waals surface area contributed by atoms with Crippen LogP contribution in [0.1, 0.15) is 62.2 Å². The van der Waals surface area contributed by atoms with E-state index in [0.29, 0.717) is 43.1 Å². The van der Waals surface area contributed by atoms with E-state index in [1.54, 1.807) is 6.08 Å². The third-order valence-corrected chi connectivity index (χ3v) is 7.80. The fraction of sp³-hybridized carbons (Fsp3) is 0.448. The van der Waals surface area contributed by atoms with Gasteiger partial charge >= 0.3 is 0 Å². The van der Waals surface area contributed by atoms with Crippen LogP contribution >= 0.6 is 15.9 Å². The monoisotopic (exact) mass is 585 g/mol. The summed E-state index contributed by atoms with van der Waals surface area (Å²) < 4.78 is 12.9. The SMILES string of the molecule is C=CC[C@]1(C(=O)NNCC2(O)CCCCC2)N=C(c2ccc(OCCCO)cc2)O[C@H]1c1ccccc1Br. The van der Waals surface area contributed by atoms with Gasteiger partial charge < -0.3 is 19.7 Å². The number of hydrogen-bond acceptors (Lipinski definition) is 7. The van der Waals surface area contributed by atoms with Gasteiger partial charge in [-0.25, -0.2) is 10.4 Å². The maximum absolute atomic E-state index is 13.8. The van der Waals surface area contributed by atoms with Gasteiger partial charge in [0, 0.05) is 41.6 Å². The summed E-state index contributed by atoms with van der Waals surface area (Å²) in [5.41, 5.74) is 5.13. The highest BCUT2D eigenvalue weighted by Gasteiger charge is 2.53. The molecule has 0 aromatic heterocycles. The molecule has 4 N–H and O–H groups in total. The fourth-order valence-corrected chi connectivity index (χ4v) is 5.48. The van der Waals surface area contributed by atoms with E-state index in [1.807, 2.05) is 48.5 Å². The van der Waals surface area contributed by atoms with Crippen LogP contribution < -0.4 is 15.6 Å². The largest absolute Gasteiger partial charge is 0.494 e. The van der Waals surface area contributed by atoms with Crippen LogP contribution in [-0.2, 0) is 9.53 Å². The highest BCUT2D eigenvalue weighted by Crippen LogP contribution is 2.44. The topological polar surface area (TPSA) is 112 Å². The van der Waals surface area contributed by atoms with Gasteiger partial charge in [-0.1, -0.05) is 59.5 Å². The zero-order chi connectivity index (χ0) is 27.0. The molecule has 1 amide bonds. The average Bonchev–Trinajstić information content (AvgIpc) is 3.30. The van der Waals surface area contributed by atoms with Crippen LogP contribution in [-0.4, -0.2) is 52.9 Å². The number of hydrogen-bond donors (Lipinski definition) is 4. The van der Waals surface area contributed by atoms with Crippen molar-refractivity contribution in [3.8, 4) is 5.75 Å². The molecule has 4 rings (SSSR count). The maximum atomic E-state index is 13.8. The molecule has 38 heavy (non-hydrogen) atoms. The highest BCUT2D eigenvalue weighted by molar-refractivity contribution is 9.10. The standard InChI is InChI=1S/C29H36BrN3O5/c1-2-15-29(27(35)33-31-20-28(36)16-6-3-7-17-28)25(23-9-4-5-10-24(23)30)38-26(32-29)21-11-13-22(14-12-21)37-19-8-18-34/h2,4-5,9-14,25,31,34,36H,1,3,6-8,15-20H2,(H,33,35)/t25-,29-/m0/s1. The van der Waals surface area contributed by atoms with Gasteiger partial charge in [-0.05, 0) is 43.2 Å². The van der Waals surface area contributed by atoms with E-state index in [-0.39, 0.29) is 25.5 Å². The molecule has 8 nitrogen and oxygen atoms in total. The molecule has 2 aromatic carbocycles. The van der Waals surface area contributed by atoms with E-state index in [0.717, 1.165) is 29.3 Å². The number of rotatable bonds is 12. The first-order valence-electron chi connectivity index (χ1n) is 13.1. The summed E-state index contributed by atoms with van der Waals surface area (Å²) in [7, 11) is 0. The Labute approximate surface area is 232 Å². The molecule has 9 heteroatoms. The number of carbonyl (C=O) groups excluding carboxylic acids is 1. The molecular formula is C29H36BrN3O5. The average molecular weight is 587 g/mol. The normalized spacial score (nSPS) is 22.3. The summed E-state index contributed by atoms with van der Waals surface area (Å²) in [5, 5.41) is 19.8. The van der Waals surface area contributed by atoms with E-state index in [2.05, 4.69) is 33.4 Å². The van der Waals surface area contributed by atoms with Gasteiger partial charge in [0.1, 0.15) is 5.75 Å². The van der Waals surface area contributed by atoms with Crippen molar-refractivity contribution in [3.63, 3.8) is 0 Å². The van der Waals surface area contributed by atoms with Crippen molar-refractivity contribution in [2.24, 2.45) is 4.99 Å². The Bertz CT molecular complexity index is 1130. The van der Waals surface area contributed by atoms with Gasteiger partial charge in [0.05, 0.1) is 12.2 Å². The van der Waals surface area contributed by atoms with Crippen molar-refractivity contribution in [2.75, 3.05) is 19.8 Å². The van der Waals surface area contributed by atoms with Crippen LogP contribution in [0.4, 0.5) is 0 Å². The first-order chi connectivity index (χ1) is 18.4. The first kappa shape index (κ1) is 28.3. The zero-order valence-electron chi connectivity index (χ0n) is 21.5. The number of aliphatic imine (C=N–C) groups is 1. The second-order valence-electron chi connectivity index (χ2n) is 9.90. The van der Waals surface area contributed by atoms with Crippen molar-refractivity contribution in [3.05, 3.63) is 76.8 Å². The summed E-state index contributed by atoms with van der Waals surface area (Å²) in [6.45, 7) is 4.65. The number of ether oxygens (including phenoxy) is 2. The summed E-state index contributed by atoms with van der Waals surface area (Å²) in [6.07, 6.45) is 6.23. The minimum absolute atomic E-state index is 0.0702. The highest BCUT2D eigenvalue weighted by atomic mass is 79.9. The second kappa shape index (κ2) is 12.9. The van der Waals surface area contributed by atoms with Crippen LogP contribution in [0.5, 0.6) is 5.75 Å². The van der Waals surface area contributed by atoms with E-state index in [4.69, 9.17) is 19.6 Å². The number of nitrogens with one attached hydrogen (secondary N) is 2. The Morgan fingerprint density at radius 1 is 1.18 bits per heavy atom. The lowest BCUT2D eigenvalue weighted by Crippen LogP contribution is -2.55. The van der Waals surface area contributed by atoms with Gasteiger partial charge in [0.15, 0.2) is 11.6 Å². The number of nitrogens with zero attached hydrogens (tertiary/aromatic N) is 1. The van der Waals surface area contributed by atoms with Gasteiger partial charge in [-0.15, -0.1) is 6.58 Å². The third kappa shape index (κ3) is 6.46. The summed E-state index contributed by atoms with van der Waals surface area (Å²) in [4.78, 5) is 18.7. The Morgan fingerprint density at radius 3 is 2.61 bits per heavy atom. The van der Waals surface area contributed by atoms with Crippen molar-refractivity contribution in [2.45, 2.75) is 62.2 Å². The molecule has 0 saturated heterocycles. The third-order valence-electron chi connectivity index (χ3n) is 7.08. The lowest BCUT2D eigenvalue weighted by molar-refractivity contribution is -0.130. The number of amides is 1. The molecule has 0 unspecified atom stereocenters. The Morgan fingerprint density at radius 2 is 1.92 bits per heavy atom. The van der Waals surface area contributed by atoms with Gasteiger partial charge in [0.2, 0.25) is 5.90 Å². The van der Waals surface area contributed by atoms with Gasteiger partial charge in [0.25, 0.3) is 5.91 Å². The molecule has 2 atom stereocenters. The molecule has 0 bridgehead atoms. The molecule has 2 aliphatic rings. The molecule has 2 aromatic rings. The number of aliphatic hydroxyl groups is 2. The number of benzene rings is 2. The maximum Gasteiger partial charge on any atom is 0.266 e. The lowest BCUT2D eigenvalue weighted by atomic mass is 9.84. The van der Waals surface area contributed by atoms with Crippen molar-refractivity contribution < 1.29 is 24.5 Å².